The molecule has 0 aliphatic carbocycles. The summed E-state index contributed by atoms with van der Waals surface area (Å²) in [5.74, 6) is 0.335. The molecule has 38 heavy (non-hydrogen) atoms. The van der Waals surface area contributed by atoms with Crippen LogP contribution < -0.4 is 5.56 Å². The molecule has 1 aliphatic heterocycles. The molecule has 1 fully saturated rings. The highest BCUT2D eigenvalue weighted by Gasteiger charge is 2.32. The van der Waals surface area contributed by atoms with E-state index in [4.69, 9.17) is 0 Å². The molecule has 1 saturated heterocycles. The van der Waals surface area contributed by atoms with Crippen LogP contribution in [0, 0.1) is 19.8 Å². The second-order valence-electron chi connectivity index (χ2n) is 10.7. The van der Waals surface area contributed by atoms with E-state index in [0.29, 0.717) is 36.6 Å². The predicted molar refractivity (Wildman–Crippen MR) is 145 cm³/mol. The highest BCUT2D eigenvalue weighted by atomic mass is 19.4. The second-order valence-corrected chi connectivity index (χ2v) is 10.7. The minimum Gasteiger partial charge on any atom is -0.341 e. The summed E-state index contributed by atoms with van der Waals surface area (Å²) >= 11 is 0. The van der Waals surface area contributed by atoms with Gasteiger partial charge in [0.25, 0.3) is 5.56 Å². The Morgan fingerprint density at radius 3 is 2.50 bits per heavy atom. The summed E-state index contributed by atoms with van der Waals surface area (Å²) in [7, 11) is 0. The van der Waals surface area contributed by atoms with Crippen LogP contribution in [0.3, 0.4) is 0 Å². The van der Waals surface area contributed by atoms with Gasteiger partial charge < -0.3 is 14.5 Å². The van der Waals surface area contributed by atoms with Crippen molar-refractivity contribution in [1.29, 1.82) is 0 Å². The smallest absolute Gasteiger partial charge is 0.341 e. The first kappa shape index (κ1) is 28.1. The first-order chi connectivity index (χ1) is 18.0. The molecule has 1 aliphatic rings. The number of alkyl halides is 3. The number of H-pyrrole nitrogens is 1. The molecular weight excluding hydrogens is 491 g/mol. The third kappa shape index (κ3) is 6.06. The zero-order valence-corrected chi connectivity index (χ0v) is 22.8. The molecule has 0 unspecified atom stereocenters. The van der Waals surface area contributed by atoms with Gasteiger partial charge in [-0.3, -0.25) is 9.59 Å². The van der Waals surface area contributed by atoms with Gasteiger partial charge in [-0.2, -0.15) is 13.2 Å². The summed E-state index contributed by atoms with van der Waals surface area (Å²) in [4.78, 5) is 31.0. The molecule has 3 heterocycles. The second kappa shape index (κ2) is 11.5. The lowest BCUT2D eigenvalue weighted by molar-refractivity contribution is -0.138. The van der Waals surface area contributed by atoms with Gasteiger partial charge in [-0.25, -0.2) is 0 Å². The lowest BCUT2D eigenvalue weighted by atomic mass is 9.89. The molecule has 1 aromatic carbocycles. The van der Waals surface area contributed by atoms with Gasteiger partial charge in [-0.05, 0) is 83.2 Å². The van der Waals surface area contributed by atoms with Crippen molar-refractivity contribution in [3.63, 3.8) is 0 Å². The normalized spacial score (nSPS) is 16.3. The first-order valence-electron chi connectivity index (χ1n) is 13.6. The van der Waals surface area contributed by atoms with E-state index < -0.39 is 12.6 Å². The number of Topliss-reactive ketones (excluding diaryl/α,β-unsaturated/α-hetero) is 1. The fourth-order valence-corrected chi connectivity index (χ4v) is 6.16. The molecule has 2 aromatic heterocycles. The van der Waals surface area contributed by atoms with Crippen molar-refractivity contribution in [3.05, 3.63) is 68.8 Å². The SMILES string of the molecule is CCc1cc(C)[nH]c(=O)c1CCC(=O)c1c(C)n([C@H](C)C2CCN(CCC(F)(F)F)CC2)c2ccccc12. The highest BCUT2D eigenvalue weighted by molar-refractivity contribution is 6.09. The molecule has 0 amide bonds. The standard InChI is InChI=1S/C30H38F3N3O2/c1-5-22-18-19(2)34-29(38)24(22)10-11-27(37)28-21(4)36(26-9-7-6-8-25(26)28)20(3)23-12-15-35(16-13-23)17-14-30(31,32)33/h6-9,18,20,23H,5,10-17H2,1-4H3,(H,34,38)/t20-/m1/s1. The number of ketones is 1. The molecule has 5 nitrogen and oxygen atoms in total. The molecule has 4 rings (SSSR count). The molecule has 0 radical (unpaired) electrons. The van der Waals surface area contributed by atoms with E-state index in [9.17, 15) is 22.8 Å². The topological polar surface area (TPSA) is 58.1 Å². The van der Waals surface area contributed by atoms with E-state index >= 15 is 0 Å². The minimum atomic E-state index is -4.13. The minimum absolute atomic E-state index is 0.0219. The van der Waals surface area contributed by atoms with E-state index in [-0.39, 0.29) is 30.3 Å². The molecular formula is C30H38F3N3O2. The van der Waals surface area contributed by atoms with Crippen molar-refractivity contribution < 1.29 is 18.0 Å². The number of nitrogens with one attached hydrogen (secondary N) is 1. The summed E-state index contributed by atoms with van der Waals surface area (Å²) in [6, 6.07) is 10.0. The number of fused-ring (bicyclic) bond motifs is 1. The summed E-state index contributed by atoms with van der Waals surface area (Å²) in [5, 5.41) is 0.915. The Balaban J connectivity index is 1.54. The molecule has 1 N–H and O–H groups in total. The van der Waals surface area contributed by atoms with Gasteiger partial charge in [0, 0.05) is 52.4 Å². The summed E-state index contributed by atoms with van der Waals surface area (Å²) in [5.41, 5.74) is 4.98. The van der Waals surface area contributed by atoms with E-state index in [1.165, 1.54) is 0 Å². The van der Waals surface area contributed by atoms with Crippen LogP contribution in [0.25, 0.3) is 10.9 Å². The summed E-state index contributed by atoms with van der Waals surface area (Å²) < 4.78 is 40.2. The first-order valence-corrected chi connectivity index (χ1v) is 13.6. The van der Waals surface area contributed by atoms with E-state index in [0.717, 1.165) is 47.1 Å². The Kier molecular flexibility index (Phi) is 8.50. The maximum Gasteiger partial charge on any atom is 0.390 e. The van der Waals surface area contributed by atoms with Crippen LogP contribution in [0.5, 0.6) is 0 Å². The number of hydrogen-bond donors (Lipinski definition) is 1. The maximum atomic E-state index is 13.6. The molecule has 0 bridgehead atoms. The summed E-state index contributed by atoms with van der Waals surface area (Å²) in [6.45, 7) is 9.38. The van der Waals surface area contributed by atoms with Crippen molar-refractivity contribution in [2.75, 3.05) is 19.6 Å². The number of halogens is 3. The van der Waals surface area contributed by atoms with Gasteiger partial charge in [0.15, 0.2) is 5.78 Å². The number of pyridine rings is 1. The maximum absolute atomic E-state index is 13.6. The van der Waals surface area contributed by atoms with Crippen LogP contribution in [0.1, 0.15) is 78.4 Å². The van der Waals surface area contributed by atoms with Crippen LogP contribution in [0.15, 0.2) is 35.1 Å². The Morgan fingerprint density at radius 1 is 1.16 bits per heavy atom. The van der Waals surface area contributed by atoms with E-state index in [1.54, 1.807) is 0 Å². The molecule has 1 atom stereocenters. The molecule has 0 spiro atoms. The van der Waals surface area contributed by atoms with Crippen molar-refractivity contribution in [1.82, 2.24) is 14.5 Å². The number of carbonyl (C=O) groups excluding carboxylic acids is 1. The summed E-state index contributed by atoms with van der Waals surface area (Å²) in [6.07, 6.45) is -1.87. The number of rotatable bonds is 9. The van der Waals surface area contributed by atoms with E-state index in [2.05, 4.69) is 16.5 Å². The quantitative estimate of drug-likeness (QED) is 0.320. The highest BCUT2D eigenvalue weighted by Crippen LogP contribution is 2.36. The third-order valence-electron chi connectivity index (χ3n) is 8.21. The zero-order chi connectivity index (χ0) is 27.6. The average Bonchev–Trinajstić information content (AvgIpc) is 3.17. The van der Waals surface area contributed by atoms with Gasteiger partial charge >= 0.3 is 6.18 Å². The van der Waals surface area contributed by atoms with Crippen LogP contribution in [0.4, 0.5) is 13.2 Å². The van der Waals surface area contributed by atoms with Gasteiger partial charge in [-0.1, -0.05) is 25.1 Å². The Hall–Kier alpha value is -2.87. The van der Waals surface area contributed by atoms with E-state index in [1.807, 2.05) is 56.0 Å². The van der Waals surface area contributed by atoms with Crippen LogP contribution in [-0.4, -0.2) is 46.0 Å². The zero-order valence-electron chi connectivity index (χ0n) is 22.8. The lowest BCUT2D eigenvalue weighted by Gasteiger charge is -2.36. The van der Waals surface area contributed by atoms with Crippen LogP contribution in [0.2, 0.25) is 0 Å². The van der Waals surface area contributed by atoms with Crippen molar-refractivity contribution in [3.8, 4) is 0 Å². The molecule has 206 valence electrons. The van der Waals surface area contributed by atoms with Gasteiger partial charge in [-0.15, -0.1) is 0 Å². The number of aromatic nitrogens is 2. The number of piperidine rings is 1. The number of carbonyl (C=O) groups is 1. The number of aryl methyl sites for hydroxylation is 2. The number of para-hydroxylation sites is 1. The van der Waals surface area contributed by atoms with Crippen molar-refractivity contribution in [2.45, 2.75) is 78.4 Å². The van der Waals surface area contributed by atoms with Crippen molar-refractivity contribution in [2.24, 2.45) is 5.92 Å². The Morgan fingerprint density at radius 2 is 1.84 bits per heavy atom. The van der Waals surface area contributed by atoms with Crippen molar-refractivity contribution >= 4 is 16.7 Å². The number of aromatic amines is 1. The fourth-order valence-electron chi connectivity index (χ4n) is 6.16. The van der Waals surface area contributed by atoms with Gasteiger partial charge in [0.05, 0.1) is 6.42 Å². The number of hydrogen-bond acceptors (Lipinski definition) is 3. The van der Waals surface area contributed by atoms with Crippen LogP contribution in [-0.2, 0) is 12.8 Å². The Labute approximate surface area is 222 Å². The number of benzene rings is 1. The number of likely N-dealkylation sites (tertiary alicyclic amines) is 1. The number of nitrogens with zero attached hydrogens (tertiary/aromatic N) is 2. The fraction of sp³-hybridized carbons (Fsp3) is 0.533. The predicted octanol–water partition coefficient (Wildman–Crippen LogP) is 6.55. The monoisotopic (exact) mass is 529 g/mol. The van der Waals surface area contributed by atoms with Gasteiger partial charge in [0.1, 0.15) is 0 Å². The molecule has 0 saturated carbocycles. The Bertz CT molecular complexity index is 1350. The molecule has 3 aromatic rings. The van der Waals surface area contributed by atoms with Gasteiger partial charge in [0.2, 0.25) is 0 Å². The lowest BCUT2D eigenvalue weighted by Crippen LogP contribution is -2.38. The average molecular weight is 530 g/mol. The molecule has 8 heteroatoms. The van der Waals surface area contributed by atoms with Crippen LogP contribution >= 0.6 is 0 Å². The third-order valence-corrected chi connectivity index (χ3v) is 8.21. The largest absolute Gasteiger partial charge is 0.390 e.